The Morgan fingerprint density at radius 3 is 0.873 bits per heavy atom. The summed E-state index contributed by atoms with van der Waals surface area (Å²) in [6, 6.07) is 17.0. The van der Waals surface area contributed by atoms with Crippen molar-refractivity contribution in [1.29, 1.82) is 0 Å². The van der Waals surface area contributed by atoms with Crippen molar-refractivity contribution in [2.24, 2.45) is 0 Å². The number of carbonyl (C=O) groups is 4. The van der Waals surface area contributed by atoms with Crippen molar-refractivity contribution in [1.82, 2.24) is 0 Å². The number of rotatable bonds is 50. The Bertz CT molecular complexity index is 2120. The molecule has 0 saturated heterocycles. The van der Waals surface area contributed by atoms with Gasteiger partial charge in [-0.3, -0.25) is 0 Å². The van der Waals surface area contributed by atoms with Gasteiger partial charge in [-0.15, -0.1) is 0 Å². The minimum Gasteiger partial charge on any atom is -0.494 e. The number of carbonyl (C=O) groups excluding carboxylic acids is 4. The van der Waals surface area contributed by atoms with Crippen molar-refractivity contribution in [2.75, 3.05) is 26.4 Å². The monoisotopic (exact) mass is 1100 g/mol. The Labute approximate surface area is 476 Å². The summed E-state index contributed by atoms with van der Waals surface area (Å²) < 4.78 is 47.8. The lowest BCUT2D eigenvalue weighted by Crippen LogP contribution is -2.11. The first kappa shape index (κ1) is 67.8. The van der Waals surface area contributed by atoms with Crippen LogP contribution >= 0.6 is 0 Å². The maximum atomic E-state index is 15.0. The summed E-state index contributed by atoms with van der Waals surface area (Å²) in [6.07, 6.45) is 44.8. The van der Waals surface area contributed by atoms with Crippen molar-refractivity contribution in [3.63, 3.8) is 0 Å². The van der Waals surface area contributed by atoms with Gasteiger partial charge in [0, 0.05) is 17.2 Å². The van der Waals surface area contributed by atoms with Crippen LogP contribution in [0.3, 0.4) is 0 Å². The lowest BCUT2D eigenvalue weighted by atomic mass is 10.0. The van der Waals surface area contributed by atoms with Gasteiger partial charge >= 0.3 is 23.9 Å². The molecule has 0 atom stereocenters. The molecule has 0 N–H and O–H groups in total. The Morgan fingerprint density at radius 1 is 0.342 bits per heavy atom. The zero-order valence-electron chi connectivity index (χ0n) is 49.0. The Balaban J connectivity index is 1.11. The summed E-state index contributed by atoms with van der Waals surface area (Å²) in [6.45, 7) is 12.8. The predicted molar refractivity (Wildman–Crippen MR) is 318 cm³/mol. The highest BCUT2D eigenvalue weighted by Gasteiger charge is 2.16. The molecule has 11 heteroatoms. The lowest BCUT2D eigenvalue weighted by molar-refractivity contribution is -0.139. The summed E-state index contributed by atoms with van der Waals surface area (Å²) >= 11 is 0. The maximum Gasteiger partial charge on any atom is 0.343 e. The van der Waals surface area contributed by atoms with Crippen LogP contribution in [-0.4, -0.2) is 50.3 Å². The second-order valence-electron chi connectivity index (χ2n) is 21.7. The Kier molecular flexibility index (Phi) is 38.9. The van der Waals surface area contributed by atoms with Crippen molar-refractivity contribution in [3.8, 4) is 23.0 Å². The molecule has 3 rings (SSSR count). The maximum absolute atomic E-state index is 15.0. The van der Waals surface area contributed by atoms with Crippen LogP contribution in [0.2, 0.25) is 0 Å². The van der Waals surface area contributed by atoms with E-state index in [0.29, 0.717) is 54.6 Å². The third kappa shape index (κ3) is 35.0. The molecule has 3 aromatic rings. The van der Waals surface area contributed by atoms with Crippen molar-refractivity contribution in [3.05, 3.63) is 108 Å². The highest BCUT2D eigenvalue weighted by molar-refractivity contribution is 5.92. The molecule has 3 aromatic carbocycles. The van der Waals surface area contributed by atoms with Crippen LogP contribution in [0.5, 0.6) is 23.0 Å². The van der Waals surface area contributed by atoms with Crippen LogP contribution in [-0.2, 0) is 19.1 Å². The van der Waals surface area contributed by atoms with E-state index in [1.54, 1.807) is 62.4 Å². The van der Waals surface area contributed by atoms with Gasteiger partial charge in [0.25, 0.3) is 0 Å². The minimum atomic E-state index is -0.829. The van der Waals surface area contributed by atoms with Gasteiger partial charge in [0.15, 0.2) is 11.6 Å². The first-order chi connectivity index (χ1) is 38.5. The molecular weight excluding hydrogens is 996 g/mol. The molecule has 0 fully saturated rings. The first-order valence-electron chi connectivity index (χ1n) is 30.9. The zero-order valence-corrected chi connectivity index (χ0v) is 49.0. The fourth-order valence-electron chi connectivity index (χ4n) is 9.35. The van der Waals surface area contributed by atoms with E-state index in [9.17, 15) is 19.2 Å². The van der Waals surface area contributed by atoms with Crippen LogP contribution in [0.25, 0.3) is 0 Å². The highest BCUT2D eigenvalue weighted by Crippen LogP contribution is 2.26. The van der Waals surface area contributed by atoms with Gasteiger partial charge in [-0.1, -0.05) is 219 Å². The largest absolute Gasteiger partial charge is 0.494 e. The molecule has 0 aromatic heterocycles. The van der Waals surface area contributed by atoms with Gasteiger partial charge in [0.05, 0.1) is 37.6 Å². The third-order valence-corrected chi connectivity index (χ3v) is 14.3. The minimum absolute atomic E-state index is 0.00853. The van der Waals surface area contributed by atoms with Gasteiger partial charge in [0.2, 0.25) is 0 Å². The van der Waals surface area contributed by atoms with E-state index >= 15 is 4.39 Å². The van der Waals surface area contributed by atoms with E-state index in [1.807, 2.05) is 0 Å². The number of benzene rings is 3. The SMILES string of the molecule is C=C(C)C(=O)OCCCCCCCCCCCCCCCCCCCCOc1ccc(C(=O)Oc2ccc(OC(=O)c3ccc(OCCCCCCCCCCCCCCCCCCCCOC(=O)C(=C)C)cc3)c(F)c2)cc1. The van der Waals surface area contributed by atoms with Crippen LogP contribution < -0.4 is 18.9 Å². The smallest absolute Gasteiger partial charge is 0.343 e. The molecule has 0 spiro atoms. The van der Waals surface area contributed by atoms with E-state index in [2.05, 4.69) is 13.2 Å². The number of ether oxygens (including phenoxy) is 6. The molecule has 0 aliphatic carbocycles. The van der Waals surface area contributed by atoms with Crippen LogP contribution in [0.4, 0.5) is 4.39 Å². The normalized spacial score (nSPS) is 11.0. The number of halogens is 1. The highest BCUT2D eigenvalue weighted by atomic mass is 19.1. The summed E-state index contributed by atoms with van der Waals surface area (Å²) in [5.74, 6) is -1.69. The summed E-state index contributed by atoms with van der Waals surface area (Å²) in [5.41, 5.74) is 1.49. The van der Waals surface area contributed by atoms with E-state index in [0.717, 1.165) is 57.4 Å². The Morgan fingerprint density at radius 2 is 0.595 bits per heavy atom. The van der Waals surface area contributed by atoms with Gasteiger partial charge < -0.3 is 28.4 Å². The van der Waals surface area contributed by atoms with Gasteiger partial charge in [0.1, 0.15) is 17.2 Å². The molecule has 10 nitrogen and oxygen atoms in total. The number of hydrogen-bond donors (Lipinski definition) is 0. The number of esters is 4. The van der Waals surface area contributed by atoms with Gasteiger partial charge in [-0.2, -0.15) is 0 Å². The number of hydrogen-bond acceptors (Lipinski definition) is 10. The van der Waals surface area contributed by atoms with E-state index in [-0.39, 0.29) is 29.0 Å². The molecule has 0 unspecified atom stereocenters. The standard InChI is InChI=1S/C68H101FO10/c1-56(2)65(70)76-53-39-35-31-27-23-19-15-11-7-5-9-13-17-21-25-29-33-37-51-74-60-45-41-58(42-46-60)67(72)78-62-49-50-64(63(69)55-62)79-68(73)59-43-47-61(48-44-59)75-52-38-34-30-26-22-18-14-10-6-8-12-16-20-24-28-32-36-40-54-77-66(71)57(3)4/h41-50,55H,1,3,5-40,51-54H2,2,4H3. The van der Waals surface area contributed by atoms with Crippen molar-refractivity contribution >= 4 is 23.9 Å². The van der Waals surface area contributed by atoms with E-state index in [1.165, 1.54) is 192 Å². The molecule has 0 aliphatic heterocycles. The van der Waals surface area contributed by atoms with Crippen molar-refractivity contribution in [2.45, 2.75) is 245 Å². The molecule has 440 valence electrons. The van der Waals surface area contributed by atoms with Gasteiger partial charge in [-0.05, 0) is 100 Å². The molecule has 0 heterocycles. The van der Waals surface area contributed by atoms with Crippen molar-refractivity contribution < 1.29 is 52.0 Å². The van der Waals surface area contributed by atoms with E-state index in [4.69, 9.17) is 28.4 Å². The summed E-state index contributed by atoms with van der Waals surface area (Å²) in [4.78, 5) is 48.4. The number of unbranched alkanes of at least 4 members (excludes halogenated alkanes) is 34. The molecule has 0 saturated carbocycles. The van der Waals surface area contributed by atoms with Crippen LogP contribution in [0.1, 0.15) is 266 Å². The average Bonchev–Trinajstić information content (AvgIpc) is 3.45. The summed E-state index contributed by atoms with van der Waals surface area (Å²) in [7, 11) is 0. The second-order valence-corrected chi connectivity index (χ2v) is 21.7. The zero-order chi connectivity index (χ0) is 56.8. The Hall–Kier alpha value is -5.45. The first-order valence-corrected chi connectivity index (χ1v) is 30.9. The average molecular weight is 1100 g/mol. The van der Waals surface area contributed by atoms with Crippen LogP contribution in [0, 0.1) is 5.82 Å². The second kappa shape index (κ2) is 45.3. The fraction of sp³-hybridized carbons (Fsp3) is 0.618. The fourth-order valence-corrected chi connectivity index (χ4v) is 9.35. The topological polar surface area (TPSA) is 124 Å². The molecule has 0 aliphatic rings. The summed E-state index contributed by atoms with van der Waals surface area (Å²) in [5, 5.41) is 0. The molecule has 0 radical (unpaired) electrons. The van der Waals surface area contributed by atoms with Crippen LogP contribution in [0.15, 0.2) is 91.0 Å². The van der Waals surface area contributed by atoms with Gasteiger partial charge in [-0.25, -0.2) is 23.6 Å². The lowest BCUT2D eigenvalue weighted by Gasteiger charge is -2.10. The molecular formula is C68H101FO10. The quantitative estimate of drug-likeness (QED) is 0.0234. The molecule has 0 amide bonds. The molecule has 0 bridgehead atoms. The predicted octanol–water partition coefficient (Wildman–Crippen LogP) is 19.3. The van der Waals surface area contributed by atoms with E-state index < -0.39 is 17.8 Å². The molecule has 79 heavy (non-hydrogen) atoms. The third-order valence-electron chi connectivity index (χ3n) is 14.3.